The molecule has 120 valence electrons. The third-order valence-electron chi connectivity index (χ3n) is 4.11. The fraction of sp³-hybridized carbons (Fsp3) is 0.389. The molecule has 0 unspecified atom stereocenters. The van der Waals surface area contributed by atoms with Gasteiger partial charge in [0.25, 0.3) is 0 Å². The van der Waals surface area contributed by atoms with Crippen molar-refractivity contribution in [2.75, 3.05) is 13.1 Å². The summed E-state index contributed by atoms with van der Waals surface area (Å²) in [5.41, 5.74) is 0.838. The van der Waals surface area contributed by atoms with Gasteiger partial charge in [-0.3, -0.25) is 9.78 Å². The number of carbonyl (C=O) groups excluding carboxylic acids is 1. The molecule has 3 rings (SSSR count). The number of nitrogens with zero attached hydrogens (tertiary/aromatic N) is 3. The maximum atomic E-state index is 12.0. The summed E-state index contributed by atoms with van der Waals surface area (Å²) in [7, 11) is 0. The number of amides is 1. The average Bonchev–Trinajstić information content (AvgIpc) is 2.62. The lowest BCUT2D eigenvalue weighted by Crippen LogP contribution is -2.39. The Morgan fingerprint density at radius 1 is 1.26 bits per heavy atom. The Morgan fingerprint density at radius 2 is 2.04 bits per heavy atom. The molecule has 5 nitrogen and oxygen atoms in total. The number of ether oxygens (including phenoxy) is 1. The number of likely N-dealkylation sites (tertiary alicyclic amines) is 1. The maximum Gasteiger partial charge on any atom is 0.241 e. The Hall–Kier alpha value is -2.43. The van der Waals surface area contributed by atoms with Gasteiger partial charge in [-0.25, -0.2) is 4.98 Å². The van der Waals surface area contributed by atoms with Crippen LogP contribution in [0.5, 0.6) is 11.6 Å². The highest BCUT2D eigenvalue weighted by Gasteiger charge is 2.27. The number of rotatable bonds is 4. The summed E-state index contributed by atoms with van der Waals surface area (Å²) < 4.78 is 5.91. The van der Waals surface area contributed by atoms with E-state index in [1.807, 2.05) is 42.2 Å². The van der Waals surface area contributed by atoms with E-state index in [-0.39, 0.29) is 11.8 Å². The van der Waals surface area contributed by atoms with Crippen molar-refractivity contribution in [1.82, 2.24) is 14.9 Å². The van der Waals surface area contributed by atoms with Crippen LogP contribution in [0.2, 0.25) is 0 Å². The SMILES string of the molecule is CCC(=O)N1CCC[C@H](c2nccnc2Oc2ccccc2)C1. The van der Waals surface area contributed by atoms with Crippen molar-refractivity contribution < 1.29 is 9.53 Å². The topological polar surface area (TPSA) is 55.3 Å². The Balaban J connectivity index is 1.81. The highest BCUT2D eigenvalue weighted by molar-refractivity contribution is 5.76. The molecule has 1 aliphatic rings. The van der Waals surface area contributed by atoms with Crippen molar-refractivity contribution in [3.8, 4) is 11.6 Å². The predicted molar refractivity (Wildman–Crippen MR) is 87.4 cm³/mol. The Labute approximate surface area is 136 Å². The molecule has 1 aromatic carbocycles. The molecule has 1 aliphatic heterocycles. The zero-order chi connectivity index (χ0) is 16.1. The van der Waals surface area contributed by atoms with Crippen molar-refractivity contribution in [1.29, 1.82) is 0 Å². The summed E-state index contributed by atoms with van der Waals surface area (Å²) in [5, 5.41) is 0. The number of hydrogen-bond donors (Lipinski definition) is 0. The molecule has 0 spiro atoms. The van der Waals surface area contributed by atoms with Crippen LogP contribution in [0.3, 0.4) is 0 Å². The first-order valence-electron chi connectivity index (χ1n) is 8.09. The molecule has 0 bridgehead atoms. The minimum atomic E-state index is 0.173. The molecule has 5 heteroatoms. The molecule has 1 fully saturated rings. The number of aromatic nitrogens is 2. The van der Waals surface area contributed by atoms with E-state index in [1.165, 1.54) is 0 Å². The highest BCUT2D eigenvalue weighted by Crippen LogP contribution is 2.32. The fourth-order valence-electron chi connectivity index (χ4n) is 2.95. The van der Waals surface area contributed by atoms with E-state index in [9.17, 15) is 4.79 Å². The van der Waals surface area contributed by atoms with Crippen molar-refractivity contribution in [3.63, 3.8) is 0 Å². The van der Waals surface area contributed by atoms with Crippen molar-refractivity contribution >= 4 is 5.91 Å². The second-order valence-corrected chi connectivity index (χ2v) is 5.69. The average molecular weight is 311 g/mol. The lowest BCUT2D eigenvalue weighted by atomic mass is 9.94. The first-order valence-corrected chi connectivity index (χ1v) is 8.09. The summed E-state index contributed by atoms with van der Waals surface area (Å²) in [6.07, 6.45) is 5.85. The minimum Gasteiger partial charge on any atom is -0.437 e. The first-order chi connectivity index (χ1) is 11.3. The number of carbonyl (C=O) groups is 1. The quantitative estimate of drug-likeness (QED) is 0.868. The molecular formula is C18H21N3O2. The van der Waals surface area contributed by atoms with E-state index in [0.717, 1.165) is 30.8 Å². The van der Waals surface area contributed by atoms with Gasteiger partial charge in [-0.15, -0.1) is 0 Å². The highest BCUT2D eigenvalue weighted by atomic mass is 16.5. The largest absolute Gasteiger partial charge is 0.437 e. The molecule has 23 heavy (non-hydrogen) atoms. The van der Waals surface area contributed by atoms with Gasteiger partial charge in [-0.2, -0.15) is 0 Å². The molecular weight excluding hydrogens is 290 g/mol. The van der Waals surface area contributed by atoms with E-state index < -0.39 is 0 Å². The normalized spacial score (nSPS) is 17.8. The molecule has 2 aromatic rings. The zero-order valence-electron chi connectivity index (χ0n) is 13.3. The number of benzene rings is 1. The monoisotopic (exact) mass is 311 g/mol. The lowest BCUT2D eigenvalue weighted by Gasteiger charge is -2.32. The van der Waals surface area contributed by atoms with E-state index in [1.54, 1.807) is 12.4 Å². The van der Waals surface area contributed by atoms with Gasteiger partial charge in [0, 0.05) is 37.8 Å². The molecule has 0 radical (unpaired) electrons. The maximum absolute atomic E-state index is 12.0. The van der Waals surface area contributed by atoms with E-state index in [2.05, 4.69) is 9.97 Å². The van der Waals surface area contributed by atoms with Crippen molar-refractivity contribution in [2.24, 2.45) is 0 Å². The molecule has 2 heterocycles. The molecule has 1 atom stereocenters. The van der Waals surface area contributed by atoms with Crippen molar-refractivity contribution in [2.45, 2.75) is 32.1 Å². The van der Waals surface area contributed by atoms with Gasteiger partial charge in [-0.1, -0.05) is 25.1 Å². The van der Waals surface area contributed by atoms with E-state index in [4.69, 9.17) is 4.74 Å². The van der Waals surface area contributed by atoms with Gasteiger partial charge in [0.2, 0.25) is 11.8 Å². The molecule has 0 saturated carbocycles. The third kappa shape index (κ3) is 3.67. The molecule has 1 amide bonds. The van der Waals surface area contributed by atoms with E-state index >= 15 is 0 Å². The number of para-hydroxylation sites is 1. The lowest BCUT2D eigenvalue weighted by molar-refractivity contribution is -0.132. The summed E-state index contributed by atoms with van der Waals surface area (Å²) >= 11 is 0. The molecule has 1 aromatic heterocycles. The Bertz CT molecular complexity index is 660. The van der Waals surface area contributed by atoms with Gasteiger partial charge in [0.15, 0.2) is 0 Å². The summed E-state index contributed by atoms with van der Waals surface area (Å²) in [5.74, 6) is 1.65. The second-order valence-electron chi connectivity index (χ2n) is 5.69. The van der Waals surface area contributed by atoms with Crippen LogP contribution in [0.15, 0.2) is 42.7 Å². The fourth-order valence-corrected chi connectivity index (χ4v) is 2.95. The second kappa shape index (κ2) is 7.22. The smallest absolute Gasteiger partial charge is 0.241 e. The molecule has 0 aliphatic carbocycles. The summed E-state index contributed by atoms with van der Waals surface area (Å²) in [6, 6.07) is 9.58. The summed E-state index contributed by atoms with van der Waals surface area (Å²) in [6.45, 7) is 3.42. The van der Waals surface area contributed by atoms with Crippen LogP contribution in [-0.2, 0) is 4.79 Å². The van der Waals surface area contributed by atoms with Crippen LogP contribution in [0.4, 0.5) is 0 Å². The molecule has 0 N–H and O–H groups in total. The van der Waals surface area contributed by atoms with Crippen LogP contribution >= 0.6 is 0 Å². The van der Waals surface area contributed by atoms with Gasteiger partial charge in [0.1, 0.15) is 11.4 Å². The van der Waals surface area contributed by atoms with Gasteiger partial charge in [-0.05, 0) is 25.0 Å². The standard InChI is InChI=1S/C18H21N3O2/c1-2-16(22)21-12-6-7-14(13-21)17-18(20-11-10-19-17)23-15-8-4-3-5-9-15/h3-5,8-11,14H,2,6-7,12-13H2,1H3/t14-/m0/s1. The van der Waals surface area contributed by atoms with Crippen LogP contribution in [0.25, 0.3) is 0 Å². The van der Waals surface area contributed by atoms with Crippen LogP contribution in [-0.4, -0.2) is 33.9 Å². The first kappa shape index (κ1) is 15.5. The van der Waals surface area contributed by atoms with Gasteiger partial charge < -0.3 is 9.64 Å². The van der Waals surface area contributed by atoms with Gasteiger partial charge in [0.05, 0.1) is 0 Å². The van der Waals surface area contributed by atoms with Crippen LogP contribution < -0.4 is 4.74 Å². The molecule has 1 saturated heterocycles. The number of piperidine rings is 1. The van der Waals surface area contributed by atoms with E-state index in [0.29, 0.717) is 18.8 Å². The Kier molecular flexibility index (Phi) is 4.86. The van der Waals surface area contributed by atoms with Crippen molar-refractivity contribution in [3.05, 3.63) is 48.4 Å². The predicted octanol–water partition coefficient (Wildman–Crippen LogP) is 3.38. The van der Waals surface area contributed by atoms with Gasteiger partial charge >= 0.3 is 0 Å². The number of hydrogen-bond acceptors (Lipinski definition) is 4. The van der Waals surface area contributed by atoms with Crippen LogP contribution in [0, 0.1) is 0 Å². The van der Waals surface area contributed by atoms with Crippen LogP contribution in [0.1, 0.15) is 37.8 Å². The zero-order valence-corrected chi connectivity index (χ0v) is 13.3. The Morgan fingerprint density at radius 3 is 2.83 bits per heavy atom. The summed E-state index contributed by atoms with van der Waals surface area (Å²) in [4.78, 5) is 22.7. The minimum absolute atomic E-state index is 0.173. The third-order valence-corrected chi connectivity index (χ3v) is 4.11.